The average Bonchev–Trinajstić information content (AvgIpc) is 2.27. The molecule has 2 fully saturated rings. The van der Waals surface area contributed by atoms with Crippen LogP contribution in [0.15, 0.2) is 0 Å². The summed E-state index contributed by atoms with van der Waals surface area (Å²) in [5.74, 6) is -0.324. The molecule has 0 aromatic heterocycles. The molecular weight excluding hydrogens is 250 g/mol. The number of likely N-dealkylation sites (tertiary alicyclic amines) is 1. The van der Waals surface area contributed by atoms with Crippen molar-refractivity contribution in [1.82, 2.24) is 4.90 Å². The van der Waals surface area contributed by atoms with E-state index in [0.29, 0.717) is 30.9 Å². The zero-order chi connectivity index (χ0) is 13.3. The molecule has 2 aliphatic rings. The standard InChI is InChI=1S/C12H19N3O2S/c13-9(16)8-2-6-15(7-3-8)11(17)12(10(14)18)4-1-5-12/h8H,1-7H2,(H2,13,16)(H2,14,18). The van der Waals surface area contributed by atoms with Gasteiger partial charge in [-0.05, 0) is 25.7 Å². The SMILES string of the molecule is NC(=O)C1CCN(C(=O)C2(C(N)=S)CCC2)CC1. The lowest BCUT2D eigenvalue weighted by molar-refractivity contribution is -0.144. The predicted molar refractivity (Wildman–Crippen MR) is 71.6 cm³/mol. The van der Waals surface area contributed by atoms with Crippen molar-refractivity contribution in [3.05, 3.63) is 0 Å². The molecular formula is C12H19N3O2S. The number of carbonyl (C=O) groups excluding carboxylic acids is 2. The first-order valence-electron chi connectivity index (χ1n) is 6.36. The summed E-state index contributed by atoms with van der Waals surface area (Å²) in [4.78, 5) is 25.6. The highest BCUT2D eigenvalue weighted by Gasteiger charge is 2.49. The second-order valence-electron chi connectivity index (χ2n) is 5.27. The van der Waals surface area contributed by atoms with Crippen molar-refractivity contribution in [1.29, 1.82) is 0 Å². The highest BCUT2D eigenvalue weighted by Crippen LogP contribution is 2.43. The molecule has 0 bridgehead atoms. The highest BCUT2D eigenvalue weighted by molar-refractivity contribution is 7.80. The Bertz CT molecular complexity index is 385. The van der Waals surface area contributed by atoms with Gasteiger partial charge in [0.1, 0.15) is 0 Å². The van der Waals surface area contributed by atoms with Crippen LogP contribution in [0.2, 0.25) is 0 Å². The monoisotopic (exact) mass is 269 g/mol. The number of hydrogen-bond acceptors (Lipinski definition) is 3. The van der Waals surface area contributed by atoms with Crippen molar-refractivity contribution < 1.29 is 9.59 Å². The molecule has 1 aliphatic heterocycles. The molecule has 18 heavy (non-hydrogen) atoms. The second kappa shape index (κ2) is 4.84. The van der Waals surface area contributed by atoms with Crippen LogP contribution in [0.25, 0.3) is 0 Å². The van der Waals surface area contributed by atoms with E-state index < -0.39 is 5.41 Å². The van der Waals surface area contributed by atoms with E-state index in [2.05, 4.69) is 0 Å². The summed E-state index contributed by atoms with van der Waals surface area (Å²) in [7, 11) is 0. The predicted octanol–water partition coefficient (Wildman–Crippen LogP) is 0.167. The number of thiocarbonyl (C=S) groups is 1. The fraction of sp³-hybridized carbons (Fsp3) is 0.750. The summed E-state index contributed by atoms with van der Waals surface area (Å²) in [5.41, 5.74) is 10.4. The van der Waals surface area contributed by atoms with Crippen LogP contribution in [0, 0.1) is 11.3 Å². The van der Waals surface area contributed by atoms with E-state index in [4.69, 9.17) is 23.7 Å². The number of amides is 2. The number of piperidine rings is 1. The number of nitrogens with zero attached hydrogens (tertiary/aromatic N) is 1. The summed E-state index contributed by atoms with van der Waals surface area (Å²) in [6.45, 7) is 1.16. The molecule has 5 nitrogen and oxygen atoms in total. The van der Waals surface area contributed by atoms with Gasteiger partial charge in [0.25, 0.3) is 0 Å². The zero-order valence-corrected chi connectivity index (χ0v) is 11.2. The molecule has 0 unspecified atom stereocenters. The van der Waals surface area contributed by atoms with Crippen LogP contribution in [0.1, 0.15) is 32.1 Å². The first kappa shape index (κ1) is 13.3. The Morgan fingerprint density at radius 1 is 1.17 bits per heavy atom. The smallest absolute Gasteiger partial charge is 0.235 e. The van der Waals surface area contributed by atoms with E-state index in [-0.39, 0.29) is 17.7 Å². The number of rotatable bonds is 3. The van der Waals surface area contributed by atoms with Gasteiger partial charge in [-0.2, -0.15) is 0 Å². The summed E-state index contributed by atoms with van der Waals surface area (Å²) in [6.07, 6.45) is 3.82. The van der Waals surface area contributed by atoms with Crippen LogP contribution in [0.4, 0.5) is 0 Å². The van der Waals surface area contributed by atoms with Gasteiger partial charge >= 0.3 is 0 Å². The molecule has 2 rings (SSSR count). The van der Waals surface area contributed by atoms with Gasteiger partial charge in [-0.1, -0.05) is 18.6 Å². The van der Waals surface area contributed by atoms with Crippen molar-refractivity contribution in [3.8, 4) is 0 Å². The van der Waals surface area contributed by atoms with E-state index in [1.165, 1.54) is 0 Å². The molecule has 0 aromatic rings. The Balaban J connectivity index is 1.99. The molecule has 0 atom stereocenters. The molecule has 6 heteroatoms. The first-order valence-corrected chi connectivity index (χ1v) is 6.77. The fourth-order valence-electron chi connectivity index (χ4n) is 2.77. The minimum atomic E-state index is -0.602. The second-order valence-corrected chi connectivity index (χ2v) is 5.71. The van der Waals surface area contributed by atoms with E-state index in [1.807, 2.05) is 0 Å². The largest absolute Gasteiger partial charge is 0.392 e. The van der Waals surface area contributed by atoms with Gasteiger partial charge in [-0.15, -0.1) is 0 Å². The van der Waals surface area contributed by atoms with Gasteiger partial charge in [0.2, 0.25) is 11.8 Å². The van der Waals surface area contributed by atoms with Crippen molar-refractivity contribution in [2.45, 2.75) is 32.1 Å². The van der Waals surface area contributed by atoms with Gasteiger partial charge in [-0.3, -0.25) is 9.59 Å². The lowest BCUT2D eigenvalue weighted by atomic mass is 9.67. The maximum atomic E-state index is 12.5. The van der Waals surface area contributed by atoms with Crippen LogP contribution in [-0.4, -0.2) is 34.8 Å². The van der Waals surface area contributed by atoms with E-state index in [9.17, 15) is 9.59 Å². The van der Waals surface area contributed by atoms with Crippen LogP contribution in [0.5, 0.6) is 0 Å². The molecule has 0 aromatic carbocycles. The Kier molecular flexibility index (Phi) is 3.56. The first-order chi connectivity index (χ1) is 8.47. The van der Waals surface area contributed by atoms with Gasteiger partial charge in [0.15, 0.2) is 0 Å². The maximum Gasteiger partial charge on any atom is 0.235 e. The highest BCUT2D eigenvalue weighted by atomic mass is 32.1. The molecule has 1 aliphatic carbocycles. The summed E-state index contributed by atoms with van der Waals surface area (Å²) < 4.78 is 0. The van der Waals surface area contributed by atoms with Crippen molar-refractivity contribution in [2.24, 2.45) is 22.8 Å². The number of carbonyl (C=O) groups is 2. The Hall–Kier alpha value is -1.17. The van der Waals surface area contributed by atoms with Crippen LogP contribution < -0.4 is 11.5 Å². The van der Waals surface area contributed by atoms with E-state index in [1.54, 1.807) is 4.90 Å². The third kappa shape index (κ3) is 2.09. The molecule has 1 saturated carbocycles. The zero-order valence-electron chi connectivity index (χ0n) is 10.4. The Morgan fingerprint density at radius 3 is 2.06 bits per heavy atom. The van der Waals surface area contributed by atoms with Gasteiger partial charge in [0, 0.05) is 19.0 Å². The maximum absolute atomic E-state index is 12.5. The van der Waals surface area contributed by atoms with Gasteiger partial charge in [-0.25, -0.2) is 0 Å². The van der Waals surface area contributed by atoms with Crippen molar-refractivity contribution in [2.75, 3.05) is 13.1 Å². The van der Waals surface area contributed by atoms with Crippen LogP contribution in [-0.2, 0) is 9.59 Å². The fourth-order valence-corrected chi connectivity index (χ4v) is 3.06. The Labute approximate surface area is 112 Å². The molecule has 100 valence electrons. The van der Waals surface area contributed by atoms with Crippen LogP contribution >= 0.6 is 12.2 Å². The van der Waals surface area contributed by atoms with Crippen molar-refractivity contribution in [3.63, 3.8) is 0 Å². The minimum absolute atomic E-state index is 0.0455. The van der Waals surface area contributed by atoms with E-state index >= 15 is 0 Å². The third-order valence-electron chi connectivity index (χ3n) is 4.27. The van der Waals surface area contributed by atoms with E-state index in [0.717, 1.165) is 19.3 Å². The summed E-state index contributed by atoms with van der Waals surface area (Å²) >= 11 is 5.05. The third-order valence-corrected chi connectivity index (χ3v) is 4.66. The normalized spacial score (nSPS) is 23.2. The molecule has 0 spiro atoms. The lowest BCUT2D eigenvalue weighted by Crippen LogP contribution is -2.56. The summed E-state index contributed by atoms with van der Waals surface area (Å²) in [5, 5.41) is 0. The minimum Gasteiger partial charge on any atom is -0.392 e. The van der Waals surface area contributed by atoms with Crippen LogP contribution in [0.3, 0.4) is 0 Å². The quantitative estimate of drug-likeness (QED) is 0.715. The number of primary amides is 1. The Morgan fingerprint density at radius 2 is 1.72 bits per heavy atom. The molecule has 0 radical (unpaired) electrons. The molecule has 1 heterocycles. The van der Waals surface area contributed by atoms with Crippen molar-refractivity contribution >= 4 is 29.0 Å². The number of nitrogens with two attached hydrogens (primary N) is 2. The molecule has 4 N–H and O–H groups in total. The molecule has 1 saturated heterocycles. The van der Waals surface area contributed by atoms with Gasteiger partial charge < -0.3 is 16.4 Å². The topological polar surface area (TPSA) is 89.4 Å². The molecule has 2 amide bonds. The average molecular weight is 269 g/mol. The number of hydrogen-bond donors (Lipinski definition) is 2. The lowest BCUT2D eigenvalue weighted by Gasteiger charge is -2.44. The van der Waals surface area contributed by atoms with Gasteiger partial charge in [0.05, 0.1) is 10.4 Å². The summed E-state index contributed by atoms with van der Waals surface area (Å²) in [6, 6.07) is 0.